The zero-order valence-corrected chi connectivity index (χ0v) is 22.1. The van der Waals surface area contributed by atoms with Gasteiger partial charge in [0.2, 0.25) is 5.91 Å². The molecule has 0 saturated carbocycles. The van der Waals surface area contributed by atoms with Gasteiger partial charge in [0.1, 0.15) is 5.82 Å². The number of fused-ring (bicyclic) bond motifs is 1. The van der Waals surface area contributed by atoms with Crippen LogP contribution in [0.4, 0.5) is 10.1 Å². The number of nitrogens with one attached hydrogen (secondary N) is 2. The van der Waals surface area contributed by atoms with Crippen molar-refractivity contribution in [1.29, 1.82) is 0 Å². The third-order valence-corrected chi connectivity index (χ3v) is 6.88. The number of halogens is 2. The predicted octanol–water partition coefficient (Wildman–Crippen LogP) is 6.71. The van der Waals surface area contributed by atoms with Crippen LogP contribution in [-0.4, -0.2) is 22.9 Å². The fourth-order valence-electron chi connectivity index (χ4n) is 4.43. The van der Waals surface area contributed by atoms with Gasteiger partial charge in [0.05, 0.1) is 10.9 Å². The van der Waals surface area contributed by atoms with Gasteiger partial charge in [-0.15, -0.1) is 0 Å². The van der Waals surface area contributed by atoms with Gasteiger partial charge in [0.15, 0.2) is 0 Å². The van der Waals surface area contributed by atoms with Crippen LogP contribution in [0.15, 0.2) is 78.9 Å². The molecule has 3 N–H and O–H groups in total. The van der Waals surface area contributed by atoms with E-state index in [1.165, 1.54) is 12.1 Å². The molecule has 0 radical (unpaired) electrons. The van der Waals surface area contributed by atoms with Crippen LogP contribution >= 0.6 is 11.6 Å². The molecule has 0 bridgehead atoms. The van der Waals surface area contributed by atoms with Crippen LogP contribution in [0.1, 0.15) is 52.7 Å². The zero-order chi connectivity index (χ0) is 27.9. The van der Waals surface area contributed by atoms with Crippen molar-refractivity contribution in [3.8, 4) is 0 Å². The number of benzene rings is 4. The first-order valence-electron chi connectivity index (χ1n) is 12.6. The summed E-state index contributed by atoms with van der Waals surface area (Å²) in [7, 11) is 0. The van der Waals surface area contributed by atoms with Crippen LogP contribution in [0.5, 0.6) is 0 Å². The van der Waals surface area contributed by atoms with Gasteiger partial charge in [-0.1, -0.05) is 66.2 Å². The highest BCUT2D eigenvalue weighted by molar-refractivity contribution is 6.31. The number of hydrogen-bond acceptors (Lipinski definition) is 3. The molecule has 0 heterocycles. The molecule has 4 aromatic carbocycles. The molecule has 0 spiro atoms. The maximum atomic E-state index is 13.4. The highest BCUT2D eigenvalue weighted by Crippen LogP contribution is 2.28. The second-order valence-electron chi connectivity index (χ2n) is 9.33. The molecule has 39 heavy (non-hydrogen) atoms. The van der Waals surface area contributed by atoms with Gasteiger partial charge in [0.25, 0.3) is 5.91 Å². The minimum Gasteiger partial charge on any atom is -0.481 e. The molecular formula is C31H28ClFN2O4. The van der Waals surface area contributed by atoms with E-state index in [0.717, 1.165) is 33.5 Å². The van der Waals surface area contributed by atoms with Crippen molar-refractivity contribution in [2.75, 3.05) is 5.32 Å². The number of carbonyl (C=O) groups excluding carboxylic acids is 2. The van der Waals surface area contributed by atoms with Crippen molar-refractivity contribution >= 4 is 45.8 Å². The van der Waals surface area contributed by atoms with Crippen LogP contribution < -0.4 is 10.6 Å². The van der Waals surface area contributed by atoms with Crippen molar-refractivity contribution in [1.82, 2.24) is 5.32 Å². The number of carboxylic acids is 1. The van der Waals surface area contributed by atoms with Crippen molar-refractivity contribution < 1.29 is 23.9 Å². The molecule has 1 unspecified atom stereocenters. The van der Waals surface area contributed by atoms with Gasteiger partial charge >= 0.3 is 5.97 Å². The summed E-state index contributed by atoms with van der Waals surface area (Å²) in [6.07, 6.45) is 0.890. The normalized spacial score (nSPS) is 11.7. The maximum Gasteiger partial charge on any atom is 0.303 e. The summed E-state index contributed by atoms with van der Waals surface area (Å²) in [6, 6.07) is 22.9. The van der Waals surface area contributed by atoms with E-state index < -0.39 is 23.6 Å². The fraction of sp³-hybridized carbons (Fsp3) is 0.194. The molecule has 0 aliphatic rings. The topological polar surface area (TPSA) is 95.5 Å². The van der Waals surface area contributed by atoms with Crippen molar-refractivity contribution in [2.45, 2.75) is 38.6 Å². The first-order chi connectivity index (χ1) is 18.7. The van der Waals surface area contributed by atoms with E-state index in [4.69, 9.17) is 16.7 Å². The van der Waals surface area contributed by atoms with Gasteiger partial charge in [0, 0.05) is 24.2 Å². The van der Waals surface area contributed by atoms with Crippen molar-refractivity contribution in [3.05, 3.63) is 112 Å². The Balaban J connectivity index is 1.54. The Morgan fingerprint density at radius 2 is 1.74 bits per heavy atom. The van der Waals surface area contributed by atoms with Gasteiger partial charge in [-0.2, -0.15) is 0 Å². The Kier molecular flexibility index (Phi) is 8.94. The van der Waals surface area contributed by atoms with E-state index in [1.807, 2.05) is 61.5 Å². The lowest BCUT2D eigenvalue weighted by molar-refractivity contribution is -0.137. The number of anilines is 1. The third-order valence-electron chi connectivity index (χ3n) is 6.59. The largest absolute Gasteiger partial charge is 0.481 e. The second kappa shape index (κ2) is 12.5. The molecule has 0 aliphatic heterocycles. The average Bonchev–Trinajstić information content (AvgIpc) is 2.93. The first-order valence-corrected chi connectivity index (χ1v) is 13.0. The molecule has 4 aromatic rings. The monoisotopic (exact) mass is 546 g/mol. The Bertz CT molecular complexity index is 1530. The highest BCUT2D eigenvalue weighted by atomic mass is 35.5. The Hall–Kier alpha value is -4.23. The predicted molar refractivity (Wildman–Crippen MR) is 151 cm³/mol. The number of carbonyl (C=O) groups is 3. The Morgan fingerprint density at radius 3 is 2.51 bits per heavy atom. The smallest absolute Gasteiger partial charge is 0.303 e. The van der Waals surface area contributed by atoms with Gasteiger partial charge in [-0.25, -0.2) is 4.39 Å². The summed E-state index contributed by atoms with van der Waals surface area (Å²) in [6.45, 7) is 2.00. The van der Waals surface area contributed by atoms with Crippen LogP contribution in [0.25, 0.3) is 10.8 Å². The van der Waals surface area contributed by atoms with E-state index in [0.29, 0.717) is 18.5 Å². The van der Waals surface area contributed by atoms with E-state index in [1.54, 1.807) is 6.07 Å². The van der Waals surface area contributed by atoms with Crippen LogP contribution in [0, 0.1) is 5.82 Å². The molecule has 0 saturated heterocycles. The van der Waals surface area contributed by atoms with E-state index in [2.05, 4.69) is 10.6 Å². The molecule has 6 nitrogen and oxygen atoms in total. The first kappa shape index (κ1) is 27.8. The van der Waals surface area contributed by atoms with Crippen LogP contribution in [0.2, 0.25) is 5.02 Å². The molecule has 0 aromatic heterocycles. The van der Waals surface area contributed by atoms with E-state index in [9.17, 15) is 18.8 Å². The molecule has 8 heteroatoms. The highest BCUT2D eigenvalue weighted by Gasteiger charge is 2.19. The fourth-order valence-corrected chi connectivity index (χ4v) is 4.61. The third kappa shape index (κ3) is 7.00. The molecule has 1 atom stereocenters. The SMILES string of the molecule is CC(C(=O)Nc1cc(CNC(=O)c2ccc(F)c(Cl)c2)ccc1CCCC(=O)O)c1cccc2ccccc12. The summed E-state index contributed by atoms with van der Waals surface area (Å²) < 4.78 is 13.4. The number of rotatable bonds is 10. The summed E-state index contributed by atoms with van der Waals surface area (Å²) in [4.78, 5) is 37.0. The average molecular weight is 547 g/mol. The maximum absolute atomic E-state index is 13.4. The van der Waals surface area contributed by atoms with Gasteiger partial charge in [-0.05, 0) is 71.5 Å². The van der Waals surface area contributed by atoms with Crippen molar-refractivity contribution in [2.24, 2.45) is 0 Å². The minimum atomic E-state index is -0.884. The summed E-state index contributed by atoms with van der Waals surface area (Å²) in [5.74, 6) is -2.56. The van der Waals surface area contributed by atoms with Gasteiger partial charge < -0.3 is 15.7 Å². The molecule has 0 fully saturated rings. The van der Waals surface area contributed by atoms with E-state index >= 15 is 0 Å². The Morgan fingerprint density at radius 1 is 0.974 bits per heavy atom. The number of aliphatic carboxylic acids is 1. The minimum absolute atomic E-state index is 0.0117. The second-order valence-corrected chi connectivity index (χ2v) is 9.74. The molecular weight excluding hydrogens is 519 g/mol. The summed E-state index contributed by atoms with van der Waals surface area (Å²) >= 11 is 5.79. The van der Waals surface area contributed by atoms with Crippen molar-refractivity contribution in [3.63, 3.8) is 0 Å². The standard InChI is InChI=1S/C31H28ClFN2O4/c1-19(24-10-4-7-21-6-2-3-9-25(21)24)30(38)35-28-16-20(12-13-22(28)8-5-11-29(36)37)18-34-31(39)23-14-15-27(33)26(32)17-23/h2-4,6-7,9-10,12-17,19H,5,8,11,18H2,1H3,(H,34,39)(H,35,38)(H,36,37). The van der Waals surface area contributed by atoms with Crippen LogP contribution in [0.3, 0.4) is 0 Å². The summed E-state index contributed by atoms with van der Waals surface area (Å²) in [5, 5.41) is 16.8. The lowest BCUT2D eigenvalue weighted by Gasteiger charge is -2.18. The molecule has 2 amide bonds. The lowest BCUT2D eigenvalue weighted by Crippen LogP contribution is -2.23. The molecule has 0 aliphatic carbocycles. The summed E-state index contributed by atoms with van der Waals surface area (Å²) in [5.41, 5.74) is 3.22. The van der Waals surface area contributed by atoms with E-state index in [-0.39, 0.29) is 29.5 Å². The van der Waals surface area contributed by atoms with Gasteiger partial charge in [-0.3, -0.25) is 14.4 Å². The van der Waals surface area contributed by atoms with Crippen LogP contribution in [-0.2, 0) is 22.6 Å². The number of aryl methyl sites for hydroxylation is 1. The zero-order valence-electron chi connectivity index (χ0n) is 21.3. The molecule has 4 rings (SSSR count). The number of carboxylic acid groups (broad SMARTS) is 1. The number of hydrogen-bond donors (Lipinski definition) is 3. The lowest BCUT2D eigenvalue weighted by atomic mass is 9.94. The molecule has 200 valence electrons. The number of amides is 2. The Labute approximate surface area is 230 Å². The quantitative estimate of drug-likeness (QED) is 0.206.